The number of rotatable bonds is 7. The SMILES string of the molecule is Cc1nc(N[C@@H](C)c2cc3ccccc3o2)nc(N[C@@H]2C[C@H](CO)[C@@H](O)[C@H]2O)c1-c1nc2cnccc2s1. The molecule has 0 saturated heterocycles. The molecule has 5 atom stereocenters. The molecule has 1 aliphatic rings. The molecule has 5 aromatic rings. The fraction of sp³-hybridized carbons (Fsp3) is 0.333. The van der Waals surface area contributed by atoms with Gasteiger partial charge in [-0.2, -0.15) is 4.98 Å². The van der Waals surface area contributed by atoms with E-state index in [1.165, 1.54) is 11.3 Å². The first-order valence-electron chi connectivity index (χ1n) is 12.5. The van der Waals surface area contributed by atoms with Crippen molar-refractivity contribution in [1.82, 2.24) is 19.9 Å². The second-order valence-corrected chi connectivity index (χ2v) is 10.7. The molecule has 11 heteroatoms. The van der Waals surface area contributed by atoms with E-state index in [4.69, 9.17) is 19.4 Å². The number of benzene rings is 1. The normalized spacial score (nSPS) is 22.2. The summed E-state index contributed by atoms with van der Waals surface area (Å²) in [6.45, 7) is 3.65. The molecule has 1 aliphatic carbocycles. The number of anilines is 2. The van der Waals surface area contributed by atoms with Gasteiger partial charge in [-0.15, -0.1) is 11.3 Å². The summed E-state index contributed by atoms with van der Waals surface area (Å²) in [7, 11) is 0. The number of fused-ring (bicyclic) bond motifs is 2. The fourth-order valence-corrected chi connectivity index (χ4v) is 6.02. The van der Waals surface area contributed by atoms with E-state index in [0.29, 0.717) is 29.4 Å². The van der Waals surface area contributed by atoms with Crippen molar-refractivity contribution >= 4 is 44.3 Å². The second-order valence-electron chi connectivity index (χ2n) is 9.68. The molecule has 0 bridgehead atoms. The van der Waals surface area contributed by atoms with Gasteiger partial charge >= 0.3 is 0 Å². The molecule has 0 amide bonds. The molecule has 4 heterocycles. The van der Waals surface area contributed by atoms with Crippen LogP contribution < -0.4 is 10.6 Å². The highest BCUT2D eigenvalue weighted by atomic mass is 32.1. The molecule has 1 fully saturated rings. The summed E-state index contributed by atoms with van der Waals surface area (Å²) in [5, 5.41) is 39.1. The van der Waals surface area contributed by atoms with E-state index < -0.39 is 24.2 Å². The Bertz CT molecular complexity index is 1540. The Balaban J connectivity index is 1.37. The maximum absolute atomic E-state index is 10.7. The molecule has 10 nitrogen and oxygen atoms in total. The molecule has 0 spiro atoms. The van der Waals surface area contributed by atoms with Crippen LogP contribution in [-0.4, -0.2) is 60.1 Å². The number of para-hydroxylation sites is 1. The van der Waals surface area contributed by atoms with E-state index in [1.54, 1.807) is 12.4 Å². The van der Waals surface area contributed by atoms with Gasteiger partial charge in [-0.05, 0) is 38.5 Å². The summed E-state index contributed by atoms with van der Waals surface area (Å²) in [5.41, 5.74) is 2.99. The van der Waals surface area contributed by atoms with Crippen molar-refractivity contribution in [2.45, 2.75) is 44.6 Å². The molecule has 0 radical (unpaired) electrons. The van der Waals surface area contributed by atoms with E-state index in [-0.39, 0.29) is 12.6 Å². The Morgan fingerprint density at radius 2 is 1.97 bits per heavy atom. The predicted molar refractivity (Wildman–Crippen MR) is 146 cm³/mol. The predicted octanol–water partition coefficient (Wildman–Crippen LogP) is 3.89. The number of aryl methyl sites for hydroxylation is 1. The van der Waals surface area contributed by atoms with E-state index in [9.17, 15) is 15.3 Å². The number of thiazole rings is 1. The van der Waals surface area contributed by atoms with Crippen LogP contribution in [0.1, 0.15) is 30.8 Å². The summed E-state index contributed by atoms with van der Waals surface area (Å²) in [5.74, 6) is 1.20. The zero-order chi connectivity index (χ0) is 26.4. The van der Waals surface area contributed by atoms with Gasteiger partial charge in [0.25, 0.3) is 0 Å². The second kappa shape index (κ2) is 9.91. The zero-order valence-electron chi connectivity index (χ0n) is 20.9. The summed E-state index contributed by atoms with van der Waals surface area (Å²) < 4.78 is 7.00. The van der Waals surface area contributed by atoms with Gasteiger partial charge in [0, 0.05) is 24.1 Å². The average Bonchev–Trinajstić information content (AvgIpc) is 3.60. The molecule has 0 aliphatic heterocycles. The Hall–Kier alpha value is -3.64. The number of nitrogens with zero attached hydrogens (tertiary/aromatic N) is 4. The van der Waals surface area contributed by atoms with E-state index in [1.807, 2.05) is 50.2 Å². The first-order valence-corrected chi connectivity index (χ1v) is 13.3. The summed E-state index contributed by atoms with van der Waals surface area (Å²) in [4.78, 5) is 18.5. The Morgan fingerprint density at radius 1 is 1.13 bits per heavy atom. The lowest BCUT2D eigenvalue weighted by molar-refractivity contribution is 0.00446. The topological polar surface area (TPSA) is 149 Å². The van der Waals surface area contributed by atoms with Crippen molar-refractivity contribution < 1.29 is 19.7 Å². The fourth-order valence-electron chi connectivity index (χ4n) is 4.99. The quantitative estimate of drug-likeness (QED) is 0.209. The van der Waals surface area contributed by atoms with Crippen LogP contribution in [0.15, 0.2) is 53.2 Å². The Kier molecular flexibility index (Phi) is 6.44. The highest BCUT2D eigenvalue weighted by Gasteiger charge is 2.41. The highest BCUT2D eigenvalue weighted by molar-refractivity contribution is 7.21. The number of hydrogen-bond donors (Lipinski definition) is 5. The third-order valence-electron chi connectivity index (χ3n) is 7.07. The van der Waals surface area contributed by atoms with Crippen LogP contribution in [0.2, 0.25) is 0 Å². The first kappa shape index (κ1) is 24.7. The van der Waals surface area contributed by atoms with Crippen molar-refractivity contribution in [2.24, 2.45) is 5.92 Å². The number of pyridine rings is 1. The third-order valence-corrected chi connectivity index (χ3v) is 8.12. The van der Waals surface area contributed by atoms with Crippen LogP contribution in [0.5, 0.6) is 0 Å². The summed E-state index contributed by atoms with van der Waals surface area (Å²) in [6.07, 6.45) is 1.75. The summed E-state index contributed by atoms with van der Waals surface area (Å²) in [6, 6.07) is 11.0. The number of aliphatic hydroxyl groups excluding tert-OH is 3. The van der Waals surface area contributed by atoms with E-state index in [2.05, 4.69) is 15.6 Å². The van der Waals surface area contributed by atoms with Crippen LogP contribution in [0.25, 0.3) is 31.8 Å². The van der Waals surface area contributed by atoms with Gasteiger partial charge in [-0.1, -0.05) is 18.2 Å². The lowest BCUT2D eigenvalue weighted by Gasteiger charge is -2.22. The standard InChI is InChI=1S/C27H28N6O4S/c1-13(20-10-15-5-3-4-6-19(15)37-20)29-27-30-14(2)22(26-32-18-11-28-8-7-21(18)38-26)25(33-27)31-17-9-16(12-34)23(35)24(17)36/h3-8,10-11,13,16-17,23-24,34-36H,9,12H2,1-2H3,(H2,29,30,31,33)/t13-,16+,17+,23+,24-/m0/s1. The van der Waals surface area contributed by atoms with Gasteiger partial charge < -0.3 is 30.4 Å². The van der Waals surface area contributed by atoms with Gasteiger partial charge in [-0.25, -0.2) is 9.97 Å². The van der Waals surface area contributed by atoms with Crippen molar-refractivity contribution in [3.8, 4) is 10.6 Å². The zero-order valence-corrected chi connectivity index (χ0v) is 21.7. The van der Waals surface area contributed by atoms with E-state index >= 15 is 0 Å². The first-order chi connectivity index (χ1) is 18.4. The maximum Gasteiger partial charge on any atom is 0.225 e. The van der Waals surface area contributed by atoms with Crippen molar-refractivity contribution in [3.05, 3.63) is 60.2 Å². The highest BCUT2D eigenvalue weighted by Crippen LogP contribution is 2.38. The van der Waals surface area contributed by atoms with Gasteiger partial charge in [0.05, 0.1) is 40.3 Å². The minimum absolute atomic E-state index is 0.210. The average molecular weight is 533 g/mol. The van der Waals surface area contributed by atoms with Crippen LogP contribution in [0.4, 0.5) is 11.8 Å². The van der Waals surface area contributed by atoms with E-state index in [0.717, 1.165) is 32.0 Å². The number of nitrogens with one attached hydrogen (secondary N) is 2. The number of furan rings is 1. The van der Waals surface area contributed by atoms with Crippen LogP contribution in [0, 0.1) is 12.8 Å². The van der Waals surface area contributed by atoms with Crippen molar-refractivity contribution in [2.75, 3.05) is 17.2 Å². The lowest BCUT2D eigenvalue weighted by Crippen LogP contribution is -2.35. The summed E-state index contributed by atoms with van der Waals surface area (Å²) >= 11 is 1.50. The molecular formula is C27H28N6O4S. The van der Waals surface area contributed by atoms with Gasteiger partial charge in [0.2, 0.25) is 5.95 Å². The number of aliphatic hydroxyl groups is 3. The van der Waals surface area contributed by atoms with Crippen molar-refractivity contribution in [3.63, 3.8) is 0 Å². The largest absolute Gasteiger partial charge is 0.459 e. The molecule has 4 aromatic heterocycles. The smallest absolute Gasteiger partial charge is 0.225 e. The van der Waals surface area contributed by atoms with Crippen LogP contribution in [-0.2, 0) is 0 Å². The molecule has 0 unspecified atom stereocenters. The molecule has 5 N–H and O–H groups in total. The van der Waals surface area contributed by atoms with Crippen molar-refractivity contribution in [1.29, 1.82) is 0 Å². The lowest BCUT2D eigenvalue weighted by atomic mass is 10.1. The number of aromatic nitrogens is 4. The molecule has 38 heavy (non-hydrogen) atoms. The Labute approximate surface area is 222 Å². The van der Waals surface area contributed by atoms with Gasteiger partial charge in [0.1, 0.15) is 33.8 Å². The Morgan fingerprint density at radius 3 is 2.74 bits per heavy atom. The monoisotopic (exact) mass is 532 g/mol. The number of hydrogen-bond acceptors (Lipinski definition) is 11. The third kappa shape index (κ3) is 4.47. The van der Waals surface area contributed by atoms with Gasteiger partial charge in [-0.3, -0.25) is 4.98 Å². The minimum Gasteiger partial charge on any atom is -0.459 e. The van der Waals surface area contributed by atoms with Crippen LogP contribution in [0.3, 0.4) is 0 Å². The molecule has 6 rings (SSSR count). The molecule has 196 valence electrons. The minimum atomic E-state index is -1.05. The molecule has 1 saturated carbocycles. The van der Waals surface area contributed by atoms with Crippen LogP contribution >= 0.6 is 11.3 Å². The molecule has 1 aromatic carbocycles. The maximum atomic E-state index is 10.7. The van der Waals surface area contributed by atoms with Gasteiger partial charge in [0.15, 0.2) is 0 Å². The molecular weight excluding hydrogens is 504 g/mol.